The number of Topliss-reactive ketones (excluding diaryl/α,β-unsaturated/α-hetero) is 1. The first-order chi connectivity index (χ1) is 12.6. The van der Waals surface area contributed by atoms with Gasteiger partial charge in [0, 0.05) is 0 Å². The maximum Gasteiger partial charge on any atom is 0.338 e. The molecule has 0 atom stereocenters. The molecule has 26 heavy (non-hydrogen) atoms. The first kappa shape index (κ1) is 18.0. The summed E-state index contributed by atoms with van der Waals surface area (Å²) in [7, 11) is -0.253. The Balaban J connectivity index is 1.90. The number of rotatable bonds is 6. The lowest BCUT2D eigenvalue weighted by Crippen LogP contribution is -2.11. The molecule has 0 aliphatic carbocycles. The van der Waals surface area contributed by atoms with Crippen LogP contribution in [0, 0.1) is 0 Å². The molecule has 0 saturated carbocycles. The lowest BCUT2D eigenvalue weighted by atomic mass is 10.2. The van der Waals surface area contributed by atoms with Crippen molar-refractivity contribution in [2.45, 2.75) is 21.6 Å². The molecular weight excluding hydrogens is 344 g/mol. The van der Waals surface area contributed by atoms with E-state index in [1.807, 2.05) is 48.5 Å². The van der Waals surface area contributed by atoms with E-state index in [1.165, 1.54) is 16.7 Å². The highest BCUT2D eigenvalue weighted by Gasteiger charge is 2.28. The van der Waals surface area contributed by atoms with Crippen LogP contribution in [-0.4, -0.2) is 18.4 Å². The van der Waals surface area contributed by atoms with Crippen molar-refractivity contribution in [1.82, 2.24) is 0 Å². The fourth-order valence-corrected chi connectivity index (χ4v) is 4.58. The Morgan fingerprint density at radius 2 is 1.19 bits per heavy atom. The summed E-state index contributed by atoms with van der Waals surface area (Å²) in [5.74, 6) is -0.657. The normalized spacial score (nSPS) is 10.5. The van der Waals surface area contributed by atoms with Crippen LogP contribution in [0.1, 0.15) is 17.3 Å². The zero-order valence-electron chi connectivity index (χ0n) is 14.4. The summed E-state index contributed by atoms with van der Waals surface area (Å²) in [4.78, 5) is 26.5. The minimum atomic E-state index is -0.481. The summed E-state index contributed by atoms with van der Waals surface area (Å²) >= 11 is 0. The molecular formula is C22H19O3S+. The molecule has 4 heteroatoms. The number of carbonyl (C=O) groups is 2. The topological polar surface area (TPSA) is 43.4 Å². The van der Waals surface area contributed by atoms with Crippen LogP contribution < -0.4 is 0 Å². The van der Waals surface area contributed by atoms with Crippen LogP contribution in [0.2, 0.25) is 0 Å². The largest absolute Gasteiger partial charge is 0.454 e. The minimum Gasteiger partial charge on any atom is -0.454 e. The van der Waals surface area contributed by atoms with Gasteiger partial charge in [-0.25, -0.2) is 4.79 Å². The Labute approximate surface area is 156 Å². The lowest BCUT2D eigenvalue weighted by molar-refractivity contribution is -0.120. The van der Waals surface area contributed by atoms with E-state index >= 15 is 0 Å². The number of ether oxygens (including phenoxy) is 1. The van der Waals surface area contributed by atoms with Gasteiger partial charge in [0.15, 0.2) is 20.5 Å². The number of hydrogen-bond acceptors (Lipinski definition) is 3. The second-order valence-electron chi connectivity index (χ2n) is 5.73. The van der Waals surface area contributed by atoms with E-state index in [1.54, 1.807) is 12.1 Å². The molecule has 0 spiro atoms. The van der Waals surface area contributed by atoms with E-state index in [4.69, 9.17) is 4.74 Å². The Morgan fingerprint density at radius 1 is 0.731 bits per heavy atom. The summed E-state index contributed by atoms with van der Waals surface area (Å²) in [6, 6.07) is 28.0. The van der Waals surface area contributed by atoms with Crippen LogP contribution >= 0.6 is 0 Å². The van der Waals surface area contributed by atoms with Gasteiger partial charge in [-0.05, 0) is 55.5 Å². The molecule has 3 nitrogen and oxygen atoms in total. The molecule has 0 N–H and O–H groups in total. The smallest absolute Gasteiger partial charge is 0.338 e. The van der Waals surface area contributed by atoms with Crippen LogP contribution in [0.5, 0.6) is 0 Å². The van der Waals surface area contributed by atoms with Crippen LogP contribution in [0.25, 0.3) is 0 Å². The van der Waals surface area contributed by atoms with Crippen molar-refractivity contribution < 1.29 is 14.3 Å². The van der Waals surface area contributed by atoms with Gasteiger partial charge in [0.1, 0.15) is 6.61 Å². The number of hydrogen-bond donors (Lipinski definition) is 0. The van der Waals surface area contributed by atoms with Crippen molar-refractivity contribution in [2.75, 3.05) is 6.61 Å². The molecule has 0 radical (unpaired) electrons. The van der Waals surface area contributed by atoms with Gasteiger partial charge in [-0.3, -0.25) is 4.79 Å². The quantitative estimate of drug-likeness (QED) is 0.477. The van der Waals surface area contributed by atoms with Gasteiger partial charge in [0.25, 0.3) is 0 Å². The van der Waals surface area contributed by atoms with Crippen molar-refractivity contribution >= 4 is 22.6 Å². The Kier molecular flexibility index (Phi) is 5.87. The summed E-state index contributed by atoms with van der Waals surface area (Å²) in [5.41, 5.74) is 0.444. The van der Waals surface area contributed by atoms with Gasteiger partial charge in [-0.15, -0.1) is 0 Å². The molecule has 0 aliphatic rings. The van der Waals surface area contributed by atoms with Crippen LogP contribution in [0.4, 0.5) is 0 Å². The molecule has 0 amide bonds. The molecule has 0 heterocycles. The minimum absolute atomic E-state index is 0.176. The fourth-order valence-electron chi connectivity index (χ4n) is 2.50. The molecule has 0 unspecified atom stereocenters. The standard InChI is InChI=1S/C22H19O3S/c1-17(23)16-25-22(24)18-12-14-21(15-13-18)26(19-8-4-2-5-9-19)20-10-6-3-7-11-20/h2-15H,16H2,1H3/q+1. The third-order valence-electron chi connectivity index (χ3n) is 3.69. The summed E-state index contributed by atoms with van der Waals surface area (Å²) in [6.45, 7) is 1.20. The Morgan fingerprint density at radius 3 is 1.65 bits per heavy atom. The molecule has 3 rings (SSSR count). The highest BCUT2D eigenvalue weighted by Crippen LogP contribution is 2.31. The average molecular weight is 363 g/mol. The molecule has 0 fully saturated rings. The summed E-state index contributed by atoms with van der Waals surface area (Å²) < 4.78 is 4.97. The van der Waals surface area contributed by atoms with Gasteiger partial charge >= 0.3 is 5.97 Å². The molecule has 0 aliphatic heterocycles. The van der Waals surface area contributed by atoms with Crippen LogP contribution in [-0.2, 0) is 20.4 Å². The van der Waals surface area contributed by atoms with Gasteiger partial charge in [-0.2, -0.15) is 0 Å². The maximum absolute atomic E-state index is 12.0. The number of esters is 1. The van der Waals surface area contributed by atoms with E-state index in [-0.39, 0.29) is 23.3 Å². The summed E-state index contributed by atoms with van der Waals surface area (Å²) in [5, 5.41) is 0. The van der Waals surface area contributed by atoms with Crippen LogP contribution in [0.15, 0.2) is 99.6 Å². The SMILES string of the molecule is CC(=O)COC(=O)c1ccc([S+](c2ccccc2)c2ccccc2)cc1. The van der Waals surface area contributed by atoms with Crippen molar-refractivity contribution in [3.05, 3.63) is 90.5 Å². The van der Waals surface area contributed by atoms with Gasteiger partial charge in [0.05, 0.1) is 16.5 Å². The second-order valence-corrected chi connectivity index (χ2v) is 7.76. The van der Waals surface area contributed by atoms with Gasteiger partial charge in [0.2, 0.25) is 0 Å². The van der Waals surface area contributed by atoms with E-state index in [9.17, 15) is 9.59 Å². The van der Waals surface area contributed by atoms with Gasteiger partial charge < -0.3 is 4.74 Å². The fraction of sp³-hybridized carbons (Fsp3) is 0.0909. The average Bonchev–Trinajstić information content (AvgIpc) is 2.68. The third-order valence-corrected chi connectivity index (χ3v) is 5.92. The number of ketones is 1. The molecule has 0 aromatic heterocycles. The molecule has 0 bridgehead atoms. The van der Waals surface area contributed by atoms with Crippen molar-refractivity contribution in [1.29, 1.82) is 0 Å². The lowest BCUT2D eigenvalue weighted by Gasteiger charge is -2.08. The zero-order chi connectivity index (χ0) is 18.4. The highest BCUT2D eigenvalue weighted by molar-refractivity contribution is 7.97. The molecule has 3 aromatic rings. The van der Waals surface area contributed by atoms with Crippen molar-refractivity contribution in [3.8, 4) is 0 Å². The van der Waals surface area contributed by atoms with E-state index < -0.39 is 5.97 Å². The molecule has 130 valence electrons. The first-order valence-electron chi connectivity index (χ1n) is 8.26. The predicted molar refractivity (Wildman–Crippen MR) is 102 cm³/mol. The first-order valence-corrected chi connectivity index (χ1v) is 9.48. The van der Waals surface area contributed by atoms with E-state index in [0.29, 0.717) is 5.56 Å². The monoisotopic (exact) mass is 363 g/mol. The van der Waals surface area contributed by atoms with Gasteiger partial charge in [-0.1, -0.05) is 36.4 Å². The Bertz CT molecular complexity index is 835. The summed E-state index contributed by atoms with van der Waals surface area (Å²) in [6.07, 6.45) is 0. The zero-order valence-corrected chi connectivity index (χ0v) is 15.2. The number of benzene rings is 3. The van der Waals surface area contributed by atoms with E-state index in [0.717, 1.165) is 4.90 Å². The maximum atomic E-state index is 12.0. The van der Waals surface area contributed by atoms with Crippen LogP contribution in [0.3, 0.4) is 0 Å². The predicted octanol–water partition coefficient (Wildman–Crippen LogP) is 4.53. The van der Waals surface area contributed by atoms with Crippen molar-refractivity contribution in [2.24, 2.45) is 0 Å². The third kappa shape index (κ3) is 4.41. The Hall–Kier alpha value is -2.85. The number of carbonyl (C=O) groups excluding carboxylic acids is 2. The molecule has 0 saturated heterocycles. The molecule has 3 aromatic carbocycles. The highest BCUT2D eigenvalue weighted by atomic mass is 32.2. The second kappa shape index (κ2) is 8.50. The van der Waals surface area contributed by atoms with Crippen molar-refractivity contribution in [3.63, 3.8) is 0 Å². The van der Waals surface area contributed by atoms with E-state index in [2.05, 4.69) is 24.3 Å².